The summed E-state index contributed by atoms with van der Waals surface area (Å²) in [6, 6.07) is 4.77. The molecule has 2 rings (SSSR count). The molecule has 3 nitrogen and oxygen atoms in total. The second kappa shape index (κ2) is 4.71. The van der Waals surface area contributed by atoms with Gasteiger partial charge in [-0.25, -0.2) is 0 Å². The molecule has 1 aromatic carbocycles. The maximum absolute atomic E-state index is 12.7. The van der Waals surface area contributed by atoms with Gasteiger partial charge in [-0.15, -0.1) is 15.4 Å². The summed E-state index contributed by atoms with van der Waals surface area (Å²) in [6.07, 6.45) is -0.868. The second-order valence-corrected chi connectivity index (χ2v) is 3.70. The van der Waals surface area contributed by atoms with Gasteiger partial charge in [0.1, 0.15) is 0 Å². The average molecular weight is 241 g/mol. The van der Waals surface area contributed by atoms with E-state index in [9.17, 15) is 8.78 Å². The van der Waals surface area contributed by atoms with Crippen LogP contribution in [0.2, 0.25) is 0 Å². The van der Waals surface area contributed by atoms with E-state index in [1.807, 2.05) is 6.08 Å². The van der Waals surface area contributed by atoms with E-state index in [0.29, 0.717) is 6.54 Å². The molecule has 1 heterocycles. The quantitative estimate of drug-likeness (QED) is 0.635. The normalized spacial score (nSPS) is 15.9. The fraction of sp³-hybridized carbons (Fsp3) is 0.333. The molecule has 0 bridgehead atoms. The van der Waals surface area contributed by atoms with Crippen molar-refractivity contribution in [2.75, 3.05) is 6.54 Å². The van der Waals surface area contributed by atoms with Gasteiger partial charge in [-0.3, -0.25) is 0 Å². The highest BCUT2D eigenvalue weighted by atomic mass is 19.3. The molecule has 1 aliphatic heterocycles. The number of hydrogen-bond acceptors (Lipinski definition) is 3. The second-order valence-electron chi connectivity index (χ2n) is 3.70. The van der Waals surface area contributed by atoms with Crippen LogP contribution in [0.5, 0.6) is 11.5 Å². The fourth-order valence-electron chi connectivity index (χ4n) is 1.54. The molecule has 92 valence electrons. The summed E-state index contributed by atoms with van der Waals surface area (Å²) < 4.78 is 34.2. The van der Waals surface area contributed by atoms with E-state index in [2.05, 4.69) is 21.4 Å². The van der Waals surface area contributed by atoms with Crippen molar-refractivity contribution < 1.29 is 18.3 Å². The number of hydrogen-bond donors (Lipinski definition) is 1. The van der Waals surface area contributed by atoms with Crippen molar-refractivity contribution in [3.8, 4) is 11.5 Å². The predicted molar refractivity (Wildman–Crippen MR) is 59.2 cm³/mol. The molecule has 0 atom stereocenters. The molecule has 0 saturated heterocycles. The summed E-state index contributed by atoms with van der Waals surface area (Å²) in [5.41, 5.74) is 0.870. The van der Waals surface area contributed by atoms with Crippen molar-refractivity contribution in [1.29, 1.82) is 0 Å². The molecular weight excluding hydrogens is 228 g/mol. The minimum absolute atomic E-state index is 0.0739. The number of rotatable bonds is 5. The first-order valence-electron chi connectivity index (χ1n) is 5.31. The molecule has 0 saturated carbocycles. The lowest BCUT2D eigenvalue weighted by Gasteiger charge is -2.04. The lowest BCUT2D eigenvalue weighted by atomic mass is 10.2. The average Bonchev–Trinajstić information content (AvgIpc) is 2.57. The molecule has 0 aliphatic carbocycles. The summed E-state index contributed by atoms with van der Waals surface area (Å²) in [5.74, 6) is 0.155. The van der Waals surface area contributed by atoms with Gasteiger partial charge < -0.3 is 14.8 Å². The molecule has 5 heteroatoms. The van der Waals surface area contributed by atoms with E-state index in [1.165, 1.54) is 6.07 Å². The van der Waals surface area contributed by atoms with E-state index in [1.54, 1.807) is 12.1 Å². The summed E-state index contributed by atoms with van der Waals surface area (Å²) >= 11 is 0. The summed E-state index contributed by atoms with van der Waals surface area (Å²) in [5, 5.41) is 3.16. The maximum atomic E-state index is 12.7. The van der Waals surface area contributed by atoms with Gasteiger partial charge in [0.15, 0.2) is 11.5 Å². The minimum Gasteiger partial charge on any atom is -0.395 e. The van der Waals surface area contributed by atoms with Crippen LogP contribution in [0.3, 0.4) is 0 Å². The third kappa shape index (κ3) is 2.94. The van der Waals surface area contributed by atoms with Crippen molar-refractivity contribution in [3.05, 3.63) is 36.4 Å². The number of alkyl halides is 2. The Balaban J connectivity index is 1.96. The van der Waals surface area contributed by atoms with Gasteiger partial charge >= 0.3 is 6.29 Å². The highest BCUT2D eigenvalue weighted by molar-refractivity contribution is 5.45. The van der Waals surface area contributed by atoms with Crippen LogP contribution < -0.4 is 14.8 Å². The first-order valence-corrected chi connectivity index (χ1v) is 5.31. The first-order chi connectivity index (χ1) is 8.11. The van der Waals surface area contributed by atoms with Crippen LogP contribution in [-0.2, 0) is 6.54 Å². The third-order valence-corrected chi connectivity index (χ3v) is 2.32. The Labute approximate surface area is 98.0 Å². The molecule has 0 radical (unpaired) electrons. The van der Waals surface area contributed by atoms with Gasteiger partial charge in [0.05, 0.1) is 0 Å². The summed E-state index contributed by atoms with van der Waals surface area (Å²) in [4.78, 5) is 0. The van der Waals surface area contributed by atoms with Crippen molar-refractivity contribution in [2.24, 2.45) is 0 Å². The zero-order chi connectivity index (χ0) is 12.3. The number of benzene rings is 1. The third-order valence-electron chi connectivity index (χ3n) is 2.32. The van der Waals surface area contributed by atoms with Crippen LogP contribution in [0.1, 0.15) is 12.0 Å². The van der Waals surface area contributed by atoms with Crippen LogP contribution in [0.4, 0.5) is 8.78 Å². The summed E-state index contributed by atoms with van der Waals surface area (Å²) in [7, 11) is 0. The Kier molecular flexibility index (Phi) is 3.28. The Hall–Kier alpha value is -1.62. The highest BCUT2D eigenvalue weighted by Gasteiger charge is 2.43. The van der Waals surface area contributed by atoms with Gasteiger partial charge in [-0.1, -0.05) is 12.1 Å². The van der Waals surface area contributed by atoms with Crippen LogP contribution in [-0.4, -0.2) is 12.8 Å². The van der Waals surface area contributed by atoms with Crippen molar-refractivity contribution >= 4 is 0 Å². The lowest BCUT2D eigenvalue weighted by Crippen LogP contribution is -2.25. The number of halogens is 2. The Bertz CT molecular complexity index is 421. The largest absolute Gasteiger partial charge is 0.586 e. The number of fused-ring (bicyclic) bond motifs is 1. The smallest absolute Gasteiger partial charge is 0.395 e. The Morgan fingerprint density at radius 1 is 1.29 bits per heavy atom. The van der Waals surface area contributed by atoms with E-state index >= 15 is 0 Å². The SMILES string of the molecule is C=CCCNCc1ccc2c(c1)OC(F)(F)O2. The Morgan fingerprint density at radius 2 is 2.06 bits per heavy atom. The molecule has 17 heavy (non-hydrogen) atoms. The Morgan fingerprint density at radius 3 is 2.82 bits per heavy atom. The van der Waals surface area contributed by atoms with Crippen molar-refractivity contribution in [1.82, 2.24) is 5.32 Å². The van der Waals surface area contributed by atoms with Crippen LogP contribution >= 0.6 is 0 Å². The standard InChI is InChI=1S/C12H13F2NO2/c1-2-3-6-15-8-9-4-5-10-11(7-9)17-12(13,14)16-10/h2,4-5,7,15H,1,3,6,8H2. The predicted octanol–water partition coefficient (Wildman–Crippen LogP) is 2.67. The van der Waals surface area contributed by atoms with Crippen LogP contribution in [0, 0.1) is 0 Å². The minimum atomic E-state index is -3.54. The molecule has 0 unspecified atom stereocenters. The molecule has 0 spiro atoms. The lowest BCUT2D eigenvalue weighted by molar-refractivity contribution is -0.286. The molecule has 1 aliphatic rings. The highest BCUT2D eigenvalue weighted by Crippen LogP contribution is 2.41. The molecule has 0 aromatic heterocycles. The maximum Gasteiger partial charge on any atom is 0.586 e. The van der Waals surface area contributed by atoms with E-state index in [-0.39, 0.29) is 11.5 Å². The molecular formula is C12H13F2NO2. The topological polar surface area (TPSA) is 30.5 Å². The van der Waals surface area contributed by atoms with Gasteiger partial charge in [-0.2, -0.15) is 0 Å². The monoisotopic (exact) mass is 241 g/mol. The van der Waals surface area contributed by atoms with Crippen LogP contribution in [0.25, 0.3) is 0 Å². The van der Waals surface area contributed by atoms with E-state index in [4.69, 9.17) is 0 Å². The fourth-order valence-corrected chi connectivity index (χ4v) is 1.54. The molecule has 1 aromatic rings. The van der Waals surface area contributed by atoms with Gasteiger partial charge in [0.25, 0.3) is 0 Å². The number of nitrogens with one attached hydrogen (secondary N) is 1. The van der Waals surface area contributed by atoms with Crippen LogP contribution in [0.15, 0.2) is 30.9 Å². The van der Waals surface area contributed by atoms with Gasteiger partial charge in [0, 0.05) is 6.54 Å². The molecule has 0 amide bonds. The summed E-state index contributed by atoms with van der Waals surface area (Å²) in [6.45, 7) is 5.00. The zero-order valence-electron chi connectivity index (χ0n) is 9.21. The molecule has 0 fully saturated rings. The van der Waals surface area contributed by atoms with Crippen molar-refractivity contribution in [2.45, 2.75) is 19.3 Å². The van der Waals surface area contributed by atoms with E-state index in [0.717, 1.165) is 18.5 Å². The van der Waals surface area contributed by atoms with Crippen molar-refractivity contribution in [3.63, 3.8) is 0 Å². The number of ether oxygens (including phenoxy) is 2. The van der Waals surface area contributed by atoms with Gasteiger partial charge in [0.2, 0.25) is 0 Å². The first kappa shape index (κ1) is 11.9. The van der Waals surface area contributed by atoms with Gasteiger partial charge in [-0.05, 0) is 30.7 Å². The van der Waals surface area contributed by atoms with E-state index < -0.39 is 6.29 Å². The zero-order valence-corrected chi connectivity index (χ0v) is 9.21. The molecule has 1 N–H and O–H groups in total.